The molecule has 0 spiro atoms. The number of hydrogen-bond acceptors (Lipinski definition) is 0. The van der Waals surface area contributed by atoms with Crippen LogP contribution in [0, 0.1) is 0 Å². The first-order valence-corrected chi connectivity index (χ1v) is 6.74. The summed E-state index contributed by atoms with van der Waals surface area (Å²) in [6.45, 7) is 1.77. The largest absolute Gasteiger partial charge is 0.673 e. The van der Waals surface area contributed by atoms with Crippen LogP contribution in [-0.4, -0.2) is 7.25 Å². The average molecular weight is 318 g/mol. The van der Waals surface area contributed by atoms with Gasteiger partial charge in [0.25, 0.3) is 0 Å². The Morgan fingerprint density at radius 1 is 1.05 bits per heavy atom. The summed E-state index contributed by atoms with van der Waals surface area (Å²) in [5.41, 5.74) is -4.14. The Hall–Kier alpha value is -1.25. The Morgan fingerprint density at radius 3 is 2.00 bits per heavy atom. The summed E-state index contributed by atoms with van der Waals surface area (Å²) in [4.78, 5) is 0.490. The number of fused-ring (bicyclic) bond motifs is 1. The molecule has 2 rings (SSSR count). The van der Waals surface area contributed by atoms with Crippen LogP contribution < -0.4 is 0 Å². The van der Waals surface area contributed by atoms with Gasteiger partial charge < -0.3 is 17.3 Å². The molecule has 20 heavy (non-hydrogen) atoms. The fourth-order valence-corrected chi connectivity index (χ4v) is 3.62. The lowest BCUT2D eigenvalue weighted by atomic mass is 10.2. The summed E-state index contributed by atoms with van der Waals surface area (Å²) >= 11 is 0. The van der Waals surface area contributed by atoms with Crippen molar-refractivity contribution in [2.24, 2.45) is 0 Å². The summed E-state index contributed by atoms with van der Waals surface area (Å²) in [6, 6.07) is 8.42. The van der Waals surface area contributed by atoms with E-state index >= 15 is 0 Å². The zero-order valence-corrected chi connectivity index (χ0v) is 11.0. The van der Waals surface area contributed by atoms with Crippen molar-refractivity contribution in [1.82, 2.24) is 0 Å². The van der Waals surface area contributed by atoms with E-state index < -0.39 is 23.2 Å². The molecule has 1 atom stereocenters. The average Bonchev–Trinajstić information content (AvgIpc) is 2.64. The molecule has 0 aliphatic heterocycles. The van der Waals surface area contributed by atoms with Crippen LogP contribution in [0.5, 0.6) is 0 Å². The maximum Gasteiger partial charge on any atom is 0.673 e. The normalized spacial score (nSPS) is 13.1. The standard InChI is InChI=1S/C11H10F3S.BF4/c1-2-9-7-8-5-3-4-6-10(8)15(9)11(12,13)14;2-1(3,4)5/h3-7H,2H2,1H3;/q+1;-1. The van der Waals surface area contributed by atoms with Gasteiger partial charge in [0.2, 0.25) is 0 Å². The number of benzene rings is 1. The van der Waals surface area contributed by atoms with Crippen molar-refractivity contribution in [1.29, 1.82) is 0 Å². The number of halogens is 7. The van der Waals surface area contributed by atoms with E-state index in [2.05, 4.69) is 0 Å². The van der Waals surface area contributed by atoms with Gasteiger partial charge in [-0.05, 0) is 12.1 Å². The van der Waals surface area contributed by atoms with Gasteiger partial charge in [0.05, 0.1) is 10.5 Å². The Kier molecular flexibility index (Phi) is 5.07. The van der Waals surface area contributed by atoms with Crippen LogP contribution in [0.15, 0.2) is 30.3 Å². The molecule has 1 unspecified atom stereocenters. The predicted octanol–water partition coefficient (Wildman–Crippen LogP) is 5.93. The van der Waals surface area contributed by atoms with E-state index in [9.17, 15) is 30.4 Å². The number of hydrogen-bond donors (Lipinski definition) is 0. The van der Waals surface area contributed by atoms with E-state index in [0.717, 1.165) is 5.39 Å². The van der Waals surface area contributed by atoms with Crippen molar-refractivity contribution in [3.05, 3.63) is 35.2 Å². The van der Waals surface area contributed by atoms with Gasteiger partial charge in [-0.2, -0.15) is 0 Å². The van der Waals surface area contributed by atoms with Crippen LogP contribution >= 0.6 is 10.5 Å². The van der Waals surface area contributed by atoms with Gasteiger partial charge in [-0.1, -0.05) is 19.1 Å². The molecule has 1 aromatic heterocycles. The molecule has 1 aromatic carbocycles. The zero-order valence-electron chi connectivity index (χ0n) is 10.2. The van der Waals surface area contributed by atoms with Gasteiger partial charge in [-0.25, -0.2) is 0 Å². The van der Waals surface area contributed by atoms with Gasteiger partial charge in [0, 0.05) is 17.9 Å². The summed E-state index contributed by atoms with van der Waals surface area (Å²) < 4.78 is 78.0. The number of aryl methyl sites for hydroxylation is 1. The van der Waals surface area contributed by atoms with Crippen LogP contribution in [0.4, 0.5) is 30.4 Å². The van der Waals surface area contributed by atoms with Crippen molar-refractivity contribution < 1.29 is 30.4 Å². The van der Waals surface area contributed by atoms with E-state index in [1.165, 1.54) is 0 Å². The Morgan fingerprint density at radius 2 is 1.55 bits per heavy atom. The highest BCUT2D eigenvalue weighted by Gasteiger charge is 2.47. The number of thiophene rings is 1. The van der Waals surface area contributed by atoms with Gasteiger partial charge in [0.15, 0.2) is 9.58 Å². The van der Waals surface area contributed by atoms with Gasteiger partial charge >= 0.3 is 12.8 Å². The van der Waals surface area contributed by atoms with Gasteiger partial charge in [-0.3, -0.25) is 0 Å². The summed E-state index contributed by atoms with van der Waals surface area (Å²) in [6.07, 6.45) is 0.456. The lowest BCUT2D eigenvalue weighted by Crippen LogP contribution is -2.02. The first-order valence-electron chi connectivity index (χ1n) is 5.52. The van der Waals surface area contributed by atoms with Crippen molar-refractivity contribution in [3.63, 3.8) is 0 Å². The molecule has 2 aromatic rings. The number of rotatable bonds is 1. The lowest BCUT2D eigenvalue weighted by Gasteiger charge is -1.97. The monoisotopic (exact) mass is 318 g/mol. The van der Waals surface area contributed by atoms with Crippen molar-refractivity contribution in [2.45, 2.75) is 18.9 Å². The topological polar surface area (TPSA) is 0 Å². The highest BCUT2D eigenvalue weighted by atomic mass is 32.2. The summed E-state index contributed by atoms with van der Waals surface area (Å²) in [5.74, 6) is 0. The maximum atomic E-state index is 12.8. The van der Waals surface area contributed by atoms with Gasteiger partial charge in [0.1, 0.15) is 0 Å². The van der Waals surface area contributed by atoms with Crippen molar-refractivity contribution in [2.75, 3.05) is 0 Å². The fourth-order valence-electron chi connectivity index (χ4n) is 1.68. The molecule has 0 aliphatic carbocycles. The maximum absolute atomic E-state index is 12.8. The number of alkyl halides is 3. The third-order valence-corrected chi connectivity index (χ3v) is 4.50. The van der Waals surface area contributed by atoms with E-state index in [1.807, 2.05) is 0 Å². The molecule has 9 heteroatoms. The molecule has 1 heterocycles. The second-order valence-electron chi connectivity index (χ2n) is 3.75. The van der Waals surface area contributed by atoms with Crippen LogP contribution in [0.2, 0.25) is 0 Å². The minimum absolute atomic E-state index is 0.418. The predicted molar refractivity (Wildman–Crippen MR) is 67.3 cm³/mol. The molecule has 112 valence electrons. The molecule has 0 bridgehead atoms. The molecule has 0 radical (unpaired) electrons. The quantitative estimate of drug-likeness (QED) is 0.347. The summed E-state index contributed by atoms with van der Waals surface area (Å²) in [7, 11) is -7.70. The van der Waals surface area contributed by atoms with Gasteiger partial charge in [-0.15, -0.1) is 13.2 Å². The van der Waals surface area contributed by atoms with E-state index in [1.54, 1.807) is 37.3 Å². The summed E-state index contributed by atoms with van der Waals surface area (Å²) in [5, 5.41) is 0.718. The fraction of sp³-hybridized carbons (Fsp3) is 0.273. The molecular weight excluding hydrogens is 308 g/mol. The highest BCUT2D eigenvalue weighted by molar-refractivity contribution is 7.38. The SMILES string of the molecule is CCc1cc2ccccc2[s+]1C(F)(F)F.F[B-](F)(F)F. The van der Waals surface area contributed by atoms with E-state index in [-0.39, 0.29) is 0 Å². The van der Waals surface area contributed by atoms with Crippen LogP contribution in [-0.2, 0) is 11.9 Å². The Labute approximate surface area is 113 Å². The Bertz CT molecular complexity index is 564. The third kappa shape index (κ3) is 4.70. The third-order valence-electron chi connectivity index (χ3n) is 2.30. The van der Waals surface area contributed by atoms with Crippen molar-refractivity contribution in [3.8, 4) is 0 Å². The smallest absolute Gasteiger partial charge is 0.418 e. The Balaban J connectivity index is 0.000000347. The minimum atomic E-state index is -6.00. The molecule has 0 saturated heterocycles. The van der Waals surface area contributed by atoms with E-state index in [4.69, 9.17) is 0 Å². The molecule has 0 saturated carbocycles. The molecular formula is C11H10BF7S. The zero-order chi connectivity index (χ0) is 15.6. The first kappa shape index (κ1) is 16.8. The van der Waals surface area contributed by atoms with Crippen molar-refractivity contribution >= 4 is 27.8 Å². The highest BCUT2D eigenvalue weighted by Crippen LogP contribution is 2.50. The molecule has 0 aliphatic rings. The minimum Gasteiger partial charge on any atom is -0.418 e. The lowest BCUT2D eigenvalue weighted by molar-refractivity contribution is -0.0867. The van der Waals surface area contributed by atoms with Crippen LogP contribution in [0.3, 0.4) is 0 Å². The molecule has 0 nitrogen and oxygen atoms in total. The molecule has 0 fully saturated rings. The second kappa shape index (κ2) is 6.03. The molecule has 0 amide bonds. The van der Waals surface area contributed by atoms with Crippen LogP contribution in [0.25, 0.3) is 10.1 Å². The van der Waals surface area contributed by atoms with E-state index in [0.29, 0.717) is 16.0 Å². The van der Waals surface area contributed by atoms with Crippen LogP contribution in [0.1, 0.15) is 11.8 Å². The first-order chi connectivity index (χ1) is 9.04. The second-order valence-corrected chi connectivity index (χ2v) is 5.79. The molecule has 0 N–H and O–H groups in total.